The molecule has 0 saturated carbocycles. The number of nitrogens with zero attached hydrogens (tertiary/aromatic N) is 1. The van der Waals surface area contributed by atoms with Crippen LogP contribution in [0.1, 0.15) is 25.3 Å². The van der Waals surface area contributed by atoms with Gasteiger partial charge in [0.15, 0.2) is 5.84 Å². The lowest BCUT2D eigenvalue weighted by Crippen LogP contribution is -2.45. The first-order valence-corrected chi connectivity index (χ1v) is 6.12. The molecule has 0 spiro atoms. The Morgan fingerprint density at radius 1 is 1.47 bits per heavy atom. The Labute approximate surface area is 111 Å². The lowest BCUT2D eigenvalue weighted by Gasteiger charge is -2.16. The minimum absolute atomic E-state index is 0.0208. The molecule has 0 saturated heterocycles. The predicted molar refractivity (Wildman–Crippen MR) is 72.1 cm³/mol. The third kappa shape index (κ3) is 4.50. The number of aromatic hydroxyl groups is 1. The van der Waals surface area contributed by atoms with Gasteiger partial charge in [0, 0.05) is 5.56 Å². The second kappa shape index (κ2) is 7.25. The van der Waals surface area contributed by atoms with Crippen molar-refractivity contribution in [2.24, 2.45) is 10.9 Å². The van der Waals surface area contributed by atoms with E-state index in [0.717, 1.165) is 6.42 Å². The molecule has 0 fully saturated rings. The molecule has 0 aromatic heterocycles. The summed E-state index contributed by atoms with van der Waals surface area (Å²) in [5, 5.41) is 23.8. The maximum Gasteiger partial charge on any atom is 0.225 e. The Morgan fingerprint density at radius 3 is 2.74 bits per heavy atom. The zero-order chi connectivity index (χ0) is 14.3. The highest BCUT2D eigenvalue weighted by atomic mass is 16.4. The van der Waals surface area contributed by atoms with E-state index in [1.807, 2.05) is 6.92 Å². The van der Waals surface area contributed by atoms with Crippen LogP contribution in [0.15, 0.2) is 29.4 Å². The van der Waals surface area contributed by atoms with Gasteiger partial charge in [-0.2, -0.15) is 0 Å². The molecule has 0 heterocycles. The first-order valence-electron chi connectivity index (χ1n) is 6.12. The Morgan fingerprint density at radius 2 is 2.16 bits per heavy atom. The zero-order valence-corrected chi connectivity index (χ0v) is 10.8. The third-order valence-corrected chi connectivity index (χ3v) is 2.73. The molecule has 1 aromatic rings. The van der Waals surface area contributed by atoms with Crippen molar-refractivity contribution in [3.8, 4) is 5.75 Å². The number of phenols is 1. The number of carbonyl (C=O) groups excluding carboxylic acids is 1. The minimum Gasteiger partial charge on any atom is -0.508 e. The summed E-state index contributed by atoms with van der Waals surface area (Å²) in [7, 11) is 0. The summed E-state index contributed by atoms with van der Waals surface area (Å²) in [6.07, 6.45) is 1.42. The molecule has 0 radical (unpaired) electrons. The van der Waals surface area contributed by atoms with Gasteiger partial charge in [-0.05, 0) is 12.5 Å². The number of rotatable bonds is 6. The molecule has 1 aromatic carbocycles. The Bertz CT molecular complexity index is 460. The molecule has 1 amide bonds. The van der Waals surface area contributed by atoms with Crippen LogP contribution in [0.2, 0.25) is 0 Å². The van der Waals surface area contributed by atoms with Gasteiger partial charge < -0.3 is 21.4 Å². The van der Waals surface area contributed by atoms with E-state index >= 15 is 0 Å². The molecule has 1 rings (SSSR count). The van der Waals surface area contributed by atoms with Gasteiger partial charge in [-0.25, -0.2) is 0 Å². The molecule has 19 heavy (non-hydrogen) atoms. The number of hydrogen-bond donors (Lipinski definition) is 4. The van der Waals surface area contributed by atoms with Crippen molar-refractivity contribution in [1.29, 1.82) is 0 Å². The van der Waals surface area contributed by atoms with Gasteiger partial charge in [0.1, 0.15) is 5.75 Å². The van der Waals surface area contributed by atoms with Crippen molar-refractivity contribution in [3.05, 3.63) is 29.8 Å². The van der Waals surface area contributed by atoms with E-state index in [2.05, 4.69) is 10.5 Å². The number of hydrogen-bond acceptors (Lipinski definition) is 4. The van der Waals surface area contributed by atoms with Crippen LogP contribution in [0.3, 0.4) is 0 Å². The average molecular weight is 265 g/mol. The van der Waals surface area contributed by atoms with Gasteiger partial charge in [-0.1, -0.05) is 36.7 Å². The fraction of sp³-hybridized carbons (Fsp3) is 0.385. The number of oxime groups is 1. The highest BCUT2D eigenvalue weighted by Crippen LogP contribution is 2.16. The third-order valence-electron chi connectivity index (χ3n) is 2.73. The van der Waals surface area contributed by atoms with Crippen molar-refractivity contribution in [1.82, 2.24) is 5.32 Å². The van der Waals surface area contributed by atoms with Crippen molar-refractivity contribution in [3.63, 3.8) is 0 Å². The fourth-order valence-corrected chi connectivity index (χ4v) is 1.73. The van der Waals surface area contributed by atoms with Crippen LogP contribution in [-0.4, -0.2) is 28.1 Å². The van der Waals surface area contributed by atoms with E-state index in [-0.39, 0.29) is 23.9 Å². The predicted octanol–water partition coefficient (Wildman–Crippen LogP) is 0.966. The molecule has 1 unspecified atom stereocenters. The van der Waals surface area contributed by atoms with Crippen LogP contribution < -0.4 is 11.1 Å². The van der Waals surface area contributed by atoms with Crippen LogP contribution in [0.4, 0.5) is 0 Å². The quantitative estimate of drug-likeness (QED) is 0.266. The van der Waals surface area contributed by atoms with E-state index < -0.39 is 6.04 Å². The number of phenolic OH excluding ortho intramolecular Hbond substituents is 1. The molecule has 1 atom stereocenters. The summed E-state index contributed by atoms with van der Waals surface area (Å²) in [4.78, 5) is 11.9. The maximum absolute atomic E-state index is 11.9. The van der Waals surface area contributed by atoms with E-state index in [4.69, 9.17) is 10.9 Å². The topological polar surface area (TPSA) is 108 Å². The SMILES string of the molecule is CCCC(NC(=O)Cc1ccccc1O)/C(N)=N/O. The highest BCUT2D eigenvalue weighted by Gasteiger charge is 2.16. The van der Waals surface area contributed by atoms with Crippen molar-refractivity contribution in [2.45, 2.75) is 32.2 Å². The monoisotopic (exact) mass is 265 g/mol. The Hall–Kier alpha value is -2.24. The van der Waals surface area contributed by atoms with Crippen molar-refractivity contribution in [2.75, 3.05) is 0 Å². The van der Waals surface area contributed by atoms with Crippen LogP contribution in [0, 0.1) is 0 Å². The molecule has 0 bridgehead atoms. The van der Waals surface area contributed by atoms with Gasteiger partial charge in [-0.15, -0.1) is 0 Å². The largest absolute Gasteiger partial charge is 0.508 e. The second-order valence-corrected chi connectivity index (χ2v) is 4.24. The number of amidine groups is 1. The molecular weight excluding hydrogens is 246 g/mol. The summed E-state index contributed by atoms with van der Waals surface area (Å²) in [6.45, 7) is 1.94. The summed E-state index contributed by atoms with van der Waals surface area (Å²) in [5.41, 5.74) is 6.05. The lowest BCUT2D eigenvalue weighted by molar-refractivity contribution is -0.120. The molecule has 0 aliphatic rings. The summed E-state index contributed by atoms with van der Waals surface area (Å²) in [5.74, 6) is -0.229. The highest BCUT2D eigenvalue weighted by molar-refractivity contribution is 5.90. The molecule has 6 nitrogen and oxygen atoms in total. The number of benzene rings is 1. The first-order chi connectivity index (χ1) is 9.08. The first kappa shape index (κ1) is 14.8. The fourth-order valence-electron chi connectivity index (χ4n) is 1.73. The van der Waals surface area contributed by atoms with Gasteiger partial charge >= 0.3 is 0 Å². The standard InChI is InChI=1S/C13H19N3O3/c1-2-5-10(13(14)16-19)15-12(18)8-9-6-3-4-7-11(9)17/h3-4,6-7,10,17,19H,2,5,8H2,1H3,(H2,14,16)(H,15,18). The van der Waals surface area contributed by atoms with E-state index in [1.54, 1.807) is 18.2 Å². The lowest BCUT2D eigenvalue weighted by atomic mass is 10.1. The minimum atomic E-state index is -0.492. The Kier molecular flexibility index (Phi) is 5.66. The number of amides is 1. The summed E-state index contributed by atoms with van der Waals surface area (Å²) in [6, 6.07) is 6.14. The molecular formula is C13H19N3O3. The van der Waals surface area contributed by atoms with E-state index in [1.165, 1.54) is 6.07 Å². The van der Waals surface area contributed by atoms with Crippen LogP contribution in [0.25, 0.3) is 0 Å². The molecule has 104 valence electrons. The van der Waals surface area contributed by atoms with Gasteiger partial charge in [-0.3, -0.25) is 4.79 Å². The number of nitrogens with two attached hydrogens (primary N) is 1. The van der Waals surface area contributed by atoms with E-state index in [9.17, 15) is 9.90 Å². The Balaban J connectivity index is 2.65. The van der Waals surface area contributed by atoms with Gasteiger partial charge in [0.2, 0.25) is 5.91 Å². The van der Waals surface area contributed by atoms with Crippen LogP contribution >= 0.6 is 0 Å². The molecule has 6 heteroatoms. The van der Waals surface area contributed by atoms with Crippen molar-refractivity contribution < 1.29 is 15.1 Å². The smallest absolute Gasteiger partial charge is 0.225 e. The van der Waals surface area contributed by atoms with Crippen LogP contribution in [0.5, 0.6) is 5.75 Å². The summed E-state index contributed by atoms with van der Waals surface area (Å²) >= 11 is 0. The maximum atomic E-state index is 11.9. The second-order valence-electron chi connectivity index (χ2n) is 4.24. The van der Waals surface area contributed by atoms with Crippen molar-refractivity contribution >= 4 is 11.7 Å². The normalized spacial score (nSPS) is 13.0. The molecule has 0 aliphatic heterocycles. The number of carbonyl (C=O) groups is 1. The van der Waals surface area contributed by atoms with Gasteiger partial charge in [0.25, 0.3) is 0 Å². The zero-order valence-electron chi connectivity index (χ0n) is 10.8. The number of para-hydroxylation sites is 1. The average Bonchev–Trinajstić information content (AvgIpc) is 2.40. The molecule has 0 aliphatic carbocycles. The number of nitrogens with one attached hydrogen (secondary N) is 1. The van der Waals surface area contributed by atoms with Gasteiger partial charge in [0.05, 0.1) is 12.5 Å². The summed E-state index contributed by atoms with van der Waals surface area (Å²) < 4.78 is 0. The van der Waals surface area contributed by atoms with Crippen LogP contribution in [-0.2, 0) is 11.2 Å². The van der Waals surface area contributed by atoms with E-state index in [0.29, 0.717) is 12.0 Å². The molecule has 5 N–H and O–H groups in total.